The van der Waals surface area contributed by atoms with E-state index >= 15 is 0 Å². The van der Waals surface area contributed by atoms with Crippen molar-refractivity contribution in [2.45, 2.75) is 11.5 Å². The van der Waals surface area contributed by atoms with Crippen LogP contribution in [0.2, 0.25) is 0 Å². The number of carbonyl (C=O) groups is 1. The van der Waals surface area contributed by atoms with E-state index in [2.05, 4.69) is 12.6 Å². The third kappa shape index (κ3) is 3.76. The van der Waals surface area contributed by atoms with Gasteiger partial charge in [0.15, 0.2) is 0 Å². The molecule has 4 heteroatoms. The fourth-order valence-corrected chi connectivity index (χ4v) is 1.74. The number of methoxy groups -OCH3 is 1. The van der Waals surface area contributed by atoms with Gasteiger partial charge in [-0.2, -0.15) is 0 Å². The van der Waals surface area contributed by atoms with Gasteiger partial charge in [0.1, 0.15) is 12.4 Å². The van der Waals surface area contributed by atoms with Gasteiger partial charge in [-0.3, -0.25) is 0 Å². The topological polar surface area (TPSA) is 35.5 Å². The van der Waals surface area contributed by atoms with Crippen LogP contribution in [0.25, 0.3) is 0 Å². The molecule has 0 unspecified atom stereocenters. The van der Waals surface area contributed by atoms with E-state index in [0.29, 0.717) is 5.56 Å². The third-order valence-corrected chi connectivity index (χ3v) is 2.91. The summed E-state index contributed by atoms with van der Waals surface area (Å²) in [7, 11) is 1.60. The van der Waals surface area contributed by atoms with Crippen LogP contribution in [0.1, 0.15) is 15.9 Å². The van der Waals surface area contributed by atoms with Crippen molar-refractivity contribution in [3.05, 3.63) is 59.7 Å². The van der Waals surface area contributed by atoms with E-state index in [-0.39, 0.29) is 12.6 Å². The van der Waals surface area contributed by atoms with Gasteiger partial charge in [-0.25, -0.2) is 4.79 Å². The van der Waals surface area contributed by atoms with Gasteiger partial charge in [0.25, 0.3) is 0 Å². The molecule has 0 saturated carbocycles. The molecule has 2 rings (SSSR count). The Labute approximate surface area is 117 Å². The van der Waals surface area contributed by atoms with Gasteiger partial charge in [-0.15, -0.1) is 12.6 Å². The van der Waals surface area contributed by atoms with E-state index in [1.165, 1.54) is 0 Å². The Morgan fingerprint density at radius 2 is 1.89 bits per heavy atom. The fourth-order valence-electron chi connectivity index (χ4n) is 1.59. The second-order valence-electron chi connectivity index (χ2n) is 3.97. The Balaban J connectivity index is 1.98. The standard InChI is InChI=1S/C15H14O3S/c1-17-13-4-2-3-11(9-13)10-18-15(16)12-5-7-14(19)8-6-12/h2-9,19H,10H2,1H3. The highest BCUT2D eigenvalue weighted by atomic mass is 32.1. The quantitative estimate of drug-likeness (QED) is 0.686. The average molecular weight is 274 g/mol. The molecule has 0 N–H and O–H groups in total. The first-order valence-electron chi connectivity index (χ1n) is 5.78. The van der Waals surface area contributed by atoms with Crippen molar-refractivity contribution in [2.24, 2.45) is 0 Å². The Kier molecular flexibility index (Phi) is 4.47. The minimum Gasteiger partial charge on any atom is -0.497 e. The average Bonchev–Trinajstić information content (AvgIpc) is 2.46. The smallest absolute Gasteiger partial charge is 0.338 e. The number of carbonyl (C=O) groups excluding carboxylic acids is 1. The molecule has 0 aliphatic rings. The van der Waals surface area contributed by atoms with E-state index in [1.807, 2.05) is 24.3 Å². The Morgan fingerprint density at radius 3 is 2.58 bits per heavy atom. The van der Waals surface area contributed by atoms with Gasteiger partial charge in [-0.1, -0.05) is 12.1 Å². The summed E-state index contributed by atoms with van der Waals surface area (Å²) >= 11 is 4.17. The molecule has 0 radical (unpaired) electrons. The zero-order valence-electron chi connectivity index (χ0n) is 10.5. The van der Waals surface area contributed by atoms with Crippen LogP contribution in [0, 0.1) is 0 Å². The number of hydrogen-bond donors (Lipinski definition) is 1. The van der Waals surface area contributed by atoms with Crippen LogP contribution in [0.4, 0.5) is 0 Å². The number of hydrogen-bond acceptors (Lipinski definition) is 4. The van der Waals surface area contributed by atoms with Crippen molar-refractivity contribution >= 4 is 18.6 Å². The summed E-state index contributed by atoms with van der Waals surface area (Å²) < 4.78 is 10.3. The zero-order valence-corrected chi connectivity index (χ0v) is 11.4. The number of esters is 1. The summed E-state index contributed by atoms with van der Waals surface area (Å²) in [6, 6.07) is 14.3. The molecule has 2 aromatic carbocycles. The van der Waals surface area contributed by atoms with Crippen molar-refractivity contribution in [1.29, 1.82) is 0 Å². The highest BCUT2D eigenvalue weighted by Gasteiger charge is 2.07. The normalized spacial score (nSPS) is 10.0. The largest absolute Gasteiger partial charge is 0.497 e. The van der Waals surface area contributed by atoms with Crippen LogP contribution in [0.5, 0.6) is 5.75 Å². The van der Waals surface area contributed by atoms with E-state index in [1.54, 1.807) is 31.4 Å². The third-order valence-electron chi connectivity index (χ3n) is 2.61. The lowest BCUT2D eigenvalue weighted by Gasteiger charge is -2.06. The summed E-state index contributed by atoms with van der Waals surface area (Å²) in [6.07, 6.45) is 0. The Bertz CT molecular complexity index is 564. The van der Waals surface area contributed by atoms with Crippen LogP contribution >= 0.6 is 12.6 Å². The molecule has 0 aliphatic carbocycles. The van der Waals surface area contributed by atoms with Gasteiger partial charge < -0.3 is 9.47 Å². The van der Waals surface area contributed by atoms with Gasteiger partial charge in [0.05, 0.1) is 12.7 Å². The molecule has 98 valence electrons. The van der Waals surface area contributed by atoms with Crippen LogP contribution in [0.3, 0.4) is 0 Å². The molecule has 3 nitrogen and oxygen atoms in total. The van der Waals surface area contributed by atoms with Gasteiger partial charge >= 0.3 is 5.97 Å². The molecular weight excluding hydrogens is 260 g/mol. The minimum absolute atomic E-state index is 0.221. The summed E-state index contributed by atoms with van der Waals surface area (Å²) in [6.45, 7) is 0.221. The number of rotatable bonds is 4. The second kappa shape index (κ2) is 6.29. The number of thiol groups is 1. The van der Waals surface area contributed by atoms with Crippen LogP contribution in [-0.2, 0) is 11.3 Å². The SMILES string of the molecule is COc1cccc(COC(=O)c2ccc(S)cc2)c1. The fraction of sp³-hybridized carbons (Fsp3) is 0.133. The molecule has 2 aromatic rings. The van der Waals surface area contributed by atoms with E-state index in [9.17, 15) is 4.79 Å². The maximum absolute atomic E-state index is 11.8. The maximum Gasteiger partial charge on any atom is 0.338 e. The molecule has 0 bridgehead atoms. The highest BCUT2D eigenvalue weighted by Crippen LogP contribution is 2.14. The van der Waals surface area contributed by atoms with Crippen molar-refractivity contribution < 1.29 is 14.3 Å². The minimum atomic E-state index is -0.351. The Hall–Kier alpha value is -1.94. The molecule has 19 heavy (non-hydrogen) atoms. The molecular formula is C15H14O3S. The summed E-state index contributed by atoms with van der Waals surface area (Å²) in [4.78, 5) is 12.6. The van der Waals surface area contributed by atoms with Crippen molar-refractivity contribution in [3.8, 4) is 5.75 Å². The second-order valence-corrected chi connectivity index (χ2v) is 4.49. The molecule has 0 amide bonds. The van der Waals surface area contributed by atoms with Crippen molar-refractivity contribution in [2.75, 3.05) is 7.11 Å². The summed E-state index contributed by atoms with van der Waals surface area (Å²) in [5.74, 6) is 0.393. The Morgan fingerprint density at radius 1 is 1.16 bits per heavy atom. The van der Waals surface area contributed by atoms with Gasteiger partial charge in [0, 0.05) is 4.90 Å². The predicted octanol–water partition coefficient (Wildman–Crippen LogP) is 3.34. The van der Waals surface area contributed by atoms with Gasteiger partial charge in [0.2, 0.25) is 0 Å². The van der Waals surface area contributed by atoms with Crippen LogP contribution in [-0.4, -0.2) is 13.1 Å². The van der Waals surface area contributed by atoms with Crippen molar-refractivity contribution in [3.63, 3.8) is 0 Å². The summed E-state index contributed by atoms with van der Waals surface area (Å²) in [5.41, 5.74) is 1.40. The first kappa shape index (κ1) is 13.5. The maximum atomic E-state index is 11.8. The zero-order chi connectivity index (χ0) is 13.7. The molecule has 0 aromatic heterocycles. The first-order valence-corrected chi connectivity index (χ1v) is 6.23. The molecule has 0 saturated heterocycles. The molecule has 0 atom stereocenters. The first-order chi connectivity index (χ1) is 9.19. The van der Waals surface area contributed by atoms with Gasteiger partial charge in [-0.05, 0) is 42.0 Å². The van der Waals surface area contributed by atoms with E-state index in [0.717, 1.165) is 16.2 Å². The van der Waals surface area contributed by atoms with E-state index in [4.69, 9.17) is 9.47 Å². The monoisotopic (exact) mass is 274 g/mol. The summed E-state index contributed by atoms with van der Waals surface area (Å²) in [5, 5.41) is 0. The molecule has 0 heterocycles. The van der Waals surface area contributed by atoms with E-state index < -0.39 is 0 Å². The predicted molar refractivity (Wildman–Crippen MR) is 75.8 cm³/mol. The van der Waals surface area contributed by atoms with Crippen LogP contribution < -0.4 is 4.74 Å². The van der Waals surface area contributed by atoms with Crippen molar-refractivity contribution in [1.82, 2.24) is 0 Å². The number of benzene rings is 2. The molecule has 0 aliphatic heterocycles. The lowest BCUT2D eigenvalue weighted by atomic mass is 10.2. The highest BCUT2D eigenvalue weighted by molar-refractivity contribution is 7.80. The number of ether oxygens (including phenoxy) is 2. The molecule has 0 fully saturated rings. The lowest BCUT2D eigenvalue weighted by Crippen LogP contribution is -2.05. The lowest BCUT2D eigenvalue weighted by molar-refractivity contribution is 0.0472. The van der Waals surface area contributed by atoms with Crippen LogP contribution in [0.15, 0.2) is 53.4 Å². The molecule has 0 spiro atoms.